The van der Waals surface area contributed by atoms with Crippen molar-refractivity contribution in [2.24, 2.45) is 5.92 Å². The molecule has 8 nitrogen and oxygen atoms in total. The topological polar surface area (TPSA) is 110 Å². The van der Waals surface area contributed by atoms with E-state index in [2.05, 4.69) is 0 Å². The Morgan fingerprint density at radius 1 is 1.33 bits per heavy atom. The summed E-state index contributed by atoms with van der Waals surface area (Å²) >= 11 is 0. The number of rotatable bonds is 3. The highest BCUT2D eigenvalue weighted by molar-refractivity contribution is 5.76. The quantitative estimate of drug-likeness (QED) is 0.671. The fourth-order valence-corrected chi connectivity index (χ4v) is 2.74. The summed E-state index contributed by atoms with van der Waals surface area (Å²) in [5.41, 5.74) is -0.255. The first-order valence-electron chi connectivity index (χ1n) is 7.53. The molecule has 1 N–H and O–H groups in total. The second-order valence-corrected chi connectivity index (χ2v) is 6.79. The SMILES string of the molecule is CC(C)(C)OC(=O)N1C[C@@H](C(=O)O)[C@H](c2cccc([N+](=O)[O-])c2)C1. The Morgan fingerprint density at radius 2 is 2.00 bits per heavy atom. The third-order valence-electron chi connectivity index (χ3n) is 3.80. The van der Waals surface area contributed by atoms with Gasteiger partial charge in [-0.05, 0) is 26.3 Å². The Kier molecular flexibility index (Phi) is 4.77. The first-order valence-corrected chi connectivity index (χ1v) is 7.53. The molecule has 0 bridgehead atoms. The lowest BCUT2D eigenvalue weighted by atomic mass is 9.89. The van der Waals surface area contributed by atoms with Gasteiger partial charge in [-0.1, -0.05) is 12.1 Å². The number of carbonyl (C=O) groups excluding carboxylic acids is 1. The standard InChI is InChI=1S/C16H20N2O6/c1-16(2,3)24-15(21)17-8-12(13(9-17)14(19)20)10-5-4-6-11(7-10)18(22)23/h4-7,12-13H,8-9H2,1-3H3,(H,19,20)/t12-,13+/m0/s1. The summed E-state index contributed by atoms with van der Waals surface area (Å²) in [6.07, 6.45) is -0.582. The van der Waals surface area contributed by atoms with Crippen LogP contribution in [-0.2, 0) is 9.53 Å². The van der Waals surface area contributed by atoms with E-state index in [4.69, 9.17) is 4.74 Å². The zero-order valence-electron chi connectivity index (χ0n) is 13.8. The molecule has 24 heavy (non-hydrogen) atoms. The minimum absolute atomic E-state index is 0.0115. The van der Waals surface area contributed by atoms with Crippen LogP contribution >= 0.6 is 0 Å². The highest BCUT2D eigenvalue weighted by Crippen LogP contribution is 2.35. The molecule has 1 fully saturated rings. The van der Waals surface area contributed by atoms with E-state index >= 15 is 0 Å². The predicted octanol–water partition coefficient (Wildman–Crippen LogP) is 2.63. The molecule has 0 aliphatic carbocycles. The zero-order chi connectivity index (χ0) is 18.1. The molecule has 0 unspecified atom stereocenters. The van der Waals surface area contributed by atoms with Gasteiger partial charge in [0.05, 0.1) is 10.8 Å². The fourth-order valence-electron chi connectivity index (χ4n) is 2.74. The van der Waals surface area contributed by atoms with Crippen molar-refractivity contribution in [3.8, 4) is 0 Å². The first-order chi connectivity index (χ1) is 11.1. The van der Waals surface area contributed by atoms with E-state index in [1.165, 1.54) is 23.1 Å². The maximum absolute atomic E-state index is 12.2. The molecular formula is C16H20N2O6. The van der Waals surface area contributed by atoms with Gasteiger partial charge in [0.15, 0.2) is 0 Å². The van der Waals surface area contributed by atoms with Gasteiger partial charge in [0.1, 0.15) is 5.60 Å². The Hall–Kier alpha value is -2.64. The van der Waals surface area contributed by atoms with Gasteiger partial charge >= 0.3 is 12.1 Å². The minimum Gasteiger partial charge on any atom is -0.481 e. The van der Waals surface area contributed by atoms with Crippen LogP contribution < -0.4 is 0 Å². The van der Waals surface area contributed by atoms with Crippen LogP contribution in [0, 0.1) is 16.0 Å². The Morgan fingerprint density at radius 3 is 2.54 bits per heavy atom. The van der Waals surface area contributed by atoms with Crippen molar-refractivity contribution >= 4 is 17.7 Å². The van der Waals surface area contributed by atoms with E-state index in [0.29, 0.717) is 5.56 Å². The first kappa shape index (κ1) is 17.7. The van der Waals surface area contributed by atoms with Gasteiger partial charge in [-0.3, -0.25) is 14.9 Å². The molecule has 0 radical (unpaired) electrons. The van der Waals surface area contributed by atoms with Crippen molar-refractivity contribution in [2.45, 2.75) is 32.3 Å². The number of nitro groups is 1. The maximum Gasteiger partial charge on any atom is 0.410 e. The molecule has 1 amide bonds. The highest BCUT2D eigenvalue weighted by atomic mass is 16.6. The van der Waals surface area contributed by atoms with E-state index in [-0.39, 0.29) is 18.8 Å². The molecule has 130 valence electrons. The Balaban J connectivity index is 2.25. The Labute approximate surface area is 139 Å². The number of carbonyl (C=O) groups is 2. The van der Waals surface area contributed by atoms with Gasteiger partial charge in [-0.2, -0.15) is 0 Å². The van der Waals surface area contributed by atoms with Gasteiger partial charge < -0.3 is 14.7 Å². The number of aliphatic carboxylic acids is 1. The van der Waals surface area contributed by atoms with Crippen molar-refractivity contribution in [3.63, 3.8) is 0 Å². The average Bonchev–Trinajstić information content (AvgIpc) is 2.91. The number of benzene rings is 1. The van der Waals surface area contributed by atoms with E-state index in [1.807, 2.05) is 0 Å². The largest absolute Gasteiger partial charge is 0.481 e. The molecule has 0 aromatic heterocycles. The number of nitrogens with zero attached hydrogens (tertiary/aromatic N) is 2. The molecule has 1 heterocycles. The Bertz CT molecular complexity index is 667. The van der Waals surface area contributed by atoms with Crippen LogP contribution in [0.1, 0.15) is 32.3 Å². The summed E-state index contributed by atoms with van der Waals surface area (Å²) in [5.74, 6) is -2.40. The second-order valence-electron chi connectivity index (χ2n) is 6.79. The number of hydrogen-bond acceptors (Lipinski definition) is 5. The minimum atomic E-state index is -1.04. The summed E-state index contributed by atoms with van der Waals surface area (Å²) in [4.78, 5) is 35.5. The van der Waals surface area contributed by atoms with Crippen LogP contribution in [0.25, 0.3) is 0 Å². The van der Waals surface area contributed by atoms with Crippen molar-refractivity contribution in [2.75, 3.05) is 13.1 Å². The van der Waals surface area contributed by atoms with Crippen molar-refractivity contribution in [3.05, 3.63) is 39.9 Å². The van der Waals surface area contributed by atoms with Gasteiger partial charge in [0, 0.05) is 31.1 Å². The smallest absolute Gasteiger partial charge is 0.410 e. The molecule has 2 atom stereocenters. The molecule has 1 saturated heterocycles. The lowest BCUT2D eigenvalue weighted by molar-refractivity contribution is -0.384. The summed E-state index contributed by atoms with van der Waals surface area (Å²) in [5, 5.41) is 20.4. The van der Waals surface area contributed by atoms with Gasteiger partial charge in [0.25, 0.3) is 5.69 Å². The van der Waals surface area contributed by atoms with E-state index in [9.17, 15) is 24.8 Å². The molecule has 1 aliphatic rings. The molecule has 0 saturated carbocycles. The molecule has 1 aliphatic heterocycles. The number of carboxylic acids is 1. The maximum atomic E-state index is 12.2. The molecule has 1 aromatic carbocycles. The van der Waals surface area contributed by atoms with Crippen molar-refractivity contribution in [1.82, 2.24) is 4.90 Å². The molecule has 0 spiro atoms. The highest BCUT2D eigenvalue weighted by Gasteiger charge is 2.42. The number of hydrogen-bond donors (Lipinski definition) is 1. The lowest BCUT2D eigenvalue weighted by Crippen LogP contribution is -2.35. The fraction of sp³-hybridized carbons (Fsp3) is 0.500. The monoisotopic (exact) mass is 336 g/mol. The summed E-state index contributed by atoms with van der Waals surface area (Å²) in [6, 6.07) is 5.87. The van der Waals surface area contributed by atoms with Gasteiger partial charge in [-0.25, -0.2) is 4.79 Å². The zero-order valence-corrected chi connectivity index (χ0v) is 13.8. The predicted molar refractivity (Wildman–Crippen MR) is 84.8 cm³/mol. The van der Waals surface area contributed by atoms with Crippen LogP contribution in [0.4, 0.5) is 10.5 Å². The second kappa shape index (κ2) is 6.46. The van der Waals surface area contributed by atoms with Crippen LogP contribution in [-0.4, -0.2) is 45.7 Å². The van der Waals surface area contributed by atoms with Crippen LogP contribution in [0.5, 0.6) is 0 Å². The van der Waals surface area contributed by atoms with Crippen molar-refractivity contribution < 1.29 is 24.4 Å². The van der Waals surface area contributed by atoms with E-state index < -0.39 is 34.4 Å². The normalized spacial score (nSPS) is 20.7. The molecule has 1 aromatic rings. The van der Waals surface area contributed by atoms with Crippen LogP contribution in [0.3, 0.4) is 0 Å². The van der Waals surface area contributed by atoms with Crippen LogP contribution in [0.15, 0.2) is 24.3 Å². The number of ether oxygens (including phenoxy) is 1. The lowest BCUT2D eigenvalue weighted by Gasteiger charge is -2.24. The van der Waals surface area contributed by atoms with Gasteiger partial charge in [-0.15, -0.1) is 0 Å². The summed E-state index contributed by atoms with van der Waals surface area (Å²) in [7, 11) is 0. The molecule has 2 rings (SSSR count). The average molecular weight is 336 g/mol. The van der Waals surface area contributed by atoms with Crippen LogP contribution in [0.2, 0.25) is 0 Å². The summed E-state index contributed by atoms with van der Waals surface area (Å²) < 4.78 is 5.28. The van der Waals surface area contributed by atoms with Crippen molar-refractivity contribution in [1.29, 1.82) is 0 Å². The number of non-ortho nitro benzene ring substituents is 1. The third kappa shape index (κ3) is 4.01. The number of carboxylic acid groups (broad SMARTS) is 1. The summed E-state index contributed by atoms with van der Waals surface area (Å²) in [6.45, 7) is 5.35. The number of likely N-dealkylation sites (tertiary alicyclic amines) is 1. The third-order valence-corrected chi connectivity index (χ3v) is 3.80. The molecular weight excluding hydrogens is 316 g/mol. The van der Waals surface area contributed by atoms with E-state index in [0.717, 1.165) is 0 Å². The van der Waals surface area contributed by atoms with E-state index in [1.54, 1.807) is 26.8 Å². The number of amides is 1. The molecule has 8 heteroatoms. The number of nitro benzene ring substituents is 1. The van der Waals surface area contributed by atoms with Gasteiger partial charge in [0.2, 0.25) is 0 Å².